The van der Waals surface area contributed by atoms with E-state index in [1.54, 1.807) is 0 Å². The standard InChI is InChI=1S/C18H24O3/c1-13-6-2-3-7-15(13)16(17(19)20)12-14-8-11-18(21-14)9-4-5-10-18/h2-3,6-7,14,16H,4-5,8-12H2,1H3,(H,19,20). The first-order valence-electron chi connectivity index (χ1n) is 8.06. The quantitative estimate of drug-likeness (QED) is 0.909. The van der Waals surface area contributed by atoms with Crippen molar-refractivity contribution < 1.29 is 14.6 Å². The lowest BCUT2D eigenvalue weighted by atomic mass is 9.89. The largest absolute Gasteiger partial charge is 0.481 e. The fourth-order valence-corrected chi connectivity index (χ4v) is 4.05. The van der Waals surface area contributed by atoms with Gasteiger partial charge >= 0.3 is 5.97 Å². The van der Waals surface area contributed by atoms with E-state index in [2.05, 4.69) is 0 Å². The van der Waals surface area contributed by atoms with Crippen LogP contribution in [0.3, 0.4) is 0 Å². The van der Waals surface area contributed by atoms with Crippen molar-refractivity contribution in [3.63, 3.8) is 0 Å². The van der Waals surface area contributed by atoms with Crippen LogP contribution in [0.15, 0.2) is 24.3 Å². The van der Waals surface area contributed by atoms with Gasteiger partial charge in [-0.05, 0) is 50.2 Å². The molecule has 2 atom stereocenters. The van der Waals surface area contributed by atoms with Crippen molar-refractivity contribution in [3.8, 4) is 0 Å². The fourth-order valence-electron chi connectivity index (χ4n) is 4.05. The van der Waals surface area contributed by atoms with E-state index in [-0.39, 0.29) is 11.7 Å². The normalized spacial score (nSPS) is 25.3. The molecule has 2 unspecified atom stereocenters. The van der Waals surface area contributed by atoms with Gasteiger partial charge in [0.2, 0.25) is 0 Å². The van der Waals surface area contributed by atoms with Crippen LogP contribution >= 0.6 is 0 Å². The number of aryl methyl sites for hydroxylation is 1. The molecule has 1 heterocycles. The second kappa shape index (κ2) is 5.80. The van der Waals surface area contributed by atoms with E-state index < -0.39 is 11.9 Å². The summed E-state index contributed by atoms with van der Waals surface area (Å²) in [4.78, 5) is 11.7. The number of benzene rings is 1. The maximum atomic E-state index is 11.7. The summed E-state index contributed by atoms with van der Waals surface area (Å²) in [6.07, 6.45) is 7.65. The molecule has 0 bridgehead atoms. The maximum absolute atomic E-state index is 11.7. The molecule has 1 N–H and O–H groups in total. The van der Waals surface area contributed by atoms with Crippen LogP contribution in [0.25, 0.3) is 0 Å². The molecule has 0 radical (unpaired) electrons. The van der Waals surface area contributed by atoms with E-state index >= 15 is 0 Å². The molecule has 114 valence electrons. The third-order valence-corrected chi connectivity index (χ3v) is 5.21. The van der Waals surface area contributed by atoms with Gasteiger partial charge in [0.1, 0.15) is 0 Å². The fraction of sp³-hybridized carbons (Fsp3) is 0.611. The van der Waals surface area contributed by atoms with Gasteiger partial charge in [0.05, 0.1) is 17.6 Å². The Bertz CT molecular complexity index is 517. The molecule has 2 aliphatic rings. The molecule has 1 saturated heterocycles. The number of hydrogen-bond donors (Lipinski definition) is 1. The van der Waals surface area contributed by atoms with Crippen molar-refractivity contribution >= 4 is 5.97 Å². The molecule has 1 aliphatic carbocycles. The summed E-state index contributed by atoms with van der Waals surface area (Å²) in [5, 5.41) is 9.61. The molecule has 0 aromatic heterocycles. The van der Waals surface area contributed by atoms with Crippen LogP contribution < -0.4 is 0 Å². The van der Waals surface area contributed by atoms with Crippen LogP contribution in [-0.2, 0) is 9.53 Å². The Kier molecular flexibility index (Phi) is 4.03. The lowest BCUT2D eigenvalue weighted by Crippen LogP contribution is -2.26. The van der Waals surface area contributed by atoms with Gasteiger partial charge in [-0.1, -0.05) is 37.1 Å². The van der Waals surface area contributed by atoms with Gasteiger partial charge in [-0.25, -0.2) is 0 Å². The number of rotatable bonds is 4. The first kappa shape index (κ1) is 14.6. The monoisotopic (exact) mass is 288 g/mol. The minimum atomic E-state index is -0.736. The van der Waals surface area contributed by atoms with Crippen LogP contribution in [0, 0.1) is 6.92 Å². The maximum Gasteiger partial charge on any atom is 0.311 e. The number of carboxylic acid groups (broad SMARTS) is 1. The molecule has 3 heteroatoms. The summed E-state index contributed by atoms with van der Waals surface area (Å²) in [7, 11) is 0. The van der Waals surface area contributed by atoms with E-state index in [1.807, 2.05) is 31.2 Å². The van der Waals surface area contributed by atoms with Crippen LogP contribution in [0.5, 0.6) is 0 Å². The van der Waals surface area contributed by atoms with Crippen molar-refractivity contribution in [2.24, 2.45) is 0 Å². The lowest BCUT2D eigenvalue weighted by molar-refractivity contribution is -0.140. The SMILES string of the molecule is Cc1ccccc1C(CC1CCC2(CCCC2)O1)C(=O)O. The van der Waals surface area contributed by atoms with Crippen LogP contribution in [-0.4, -0.2) is 22.8 Å². The molecule has 2 fully saturated rings. The van der Waals surface area contributed by atoms with Gasteiger partial charge in [-0.3, -0.25) is 4.79 Å². The van der Waals surface area contributed by atoms with Crippen molar-refractivity contribution in [3.05, 3.63) is 35.4 Å². The highest BCUT2D eigenvalue weighted by Gasteiger charge is 2.43. The Hall–Kier alpha value is -1.35. The number of ether oxygens (including phenoxy) is 1. The average molecular weight is 288 g/mol. The number of carbonyl (C=O) groups is 1. The Morgan fingerprint density at radius 3 is 2.71 bits per heavy atom. The van der Waals surface area contributed by atoms with Crippen molar-refractivity contribution in [2.75, 3.05) is 0 Å². The third-order valence-electron chi connectivity index (χ3n) is 5.21. The second-order valence-corrected chi connectivity index (χ2v) is 6.65. The molecule has 1 saturated carbocycles. The van der Waals surface area contributed by atoms with E-state index in [9.17, 15) is 9.90 Å². The zero-order valence-electron chi connectivity index (χ0n) is 12.7. The zero-order valence-corrected chi connectivity index (χ0v) is 12.7. The topological polar surface area (TPSA) is 46.5 Å². The molecule has 3 nitrogen and oxygen atoms in total. The summed E-state index contributed by atoms with van der Waals surface area (Å²) >= 11 is 0. The number of carboxylic acids is 1. The van der Waals surface area contributed by atoms with Gasteiger partial charge in [0, 0.05) is 0 Å². The number of hydrogen-bond acceptors (Lipinski definition) is 2. The van der Waals surface area contributed by atoms with E-state index in [1.165, 1.54) is 12.8 Å². The Labute approximate surface area is 126 Å². The Balaban J connectivity index is 1.72. The third kappa shape index (κ3) is 2.98. The molecular formula is C18H24O3. The molecule has 1 aromatic carbocycles. The van der Waals surface area contributed by atoms with Gasteiger partial charge in [-0.15, -0.1) is 0 Å². The van der Waals surface area contributed by atoms with Gasteiger partial charge in [0.25, 0.3) is 0 Å². The molecule has 1 spiro atoms. The summed E-state index contributed by atoms with van der Waals surface area (Å²) in [5.41, 5.74) is 2.07. The van der Waals surface area contributed by atoms with Crippen molar-refractivity contribution in [1.82, 2.24) is 0 Å². The molecule has 21 heavy (non-hydrogen) atoms. The van der Waals surface area contributed by atoms with Crippen LogP contribution in [0.4, 0.5) is 0 Å². The minimum Gasteiger partial charge on any atom is -0.481 e. The lowest BCUT2D eigenvalue weighted by Gasteiger charge is -2.25. The summed E-state index contributed by atoms with van der Waals surface area (Å²) in [6.45, 7) is 1.99. The van der Waals surface area contributed by atoms with E-state index in [4.69, 9.17) is 4.74 Å². The molecular weight excluding hydrogens is 264 g/mol. The average Bonchev–Trinajstić information content (AvgIpc) is 3.08. The first-order valence-corrected chi connectivity index (χ1v) is 8.06. The second-order valence-electron chi connectivity index (χ2n) is 6.65. The molecule has 0 amide bonds. The predicted molar refractivity (Wildman–Crippen MR) is 81.5 cm³/mol. The zero-order chi connectivity index (χ0) is 14.9. The highest BCUT2D eigenvalue weighted by atomic mass is 16.5. The summed E-state index contributed by atoms with van der Waals surface area (Å²) < 4.78 is 6.29. The smallest absolute Gasteiger partial charge is 0.311 e. The van der Waals surface area contributed by atoms with Gasteiger partial charge in [-0.2, -0.15) is 0 Å². The summed E-state index contributed by atoms with van der Waals surface area (Å²) in [5.74, 6) is -1.19. The predicted octanol–water partition coefficient (Wildman–Crippen LogP) is 4.05. The van der Waals surface area contributed by atoms with Gasteiger partial charge < -0.3 is 9.84 Å². The van der Waals surface area contributed by atoms with Crippen LogP contribution in [0.1, 0.15) is 62.0 Å². The van der Waals surface area contributed by atoms with Crippen LogP contribution in [0.2, 0.25) is 0 Å². The van der Waals surface area contributed by atoms with E-state index in [0.29, 0.717) is 6.42 Å². The first-order chi connectivity index (χ1) is 10.1. The van der Waals surface area contributed by atoms with Crippen molar-refractivity contribution in [2.45, 2.75) is 69.5 Å². The molecule has 1 aliphatic heterocycles. The minimum absolute atomic E-state index is 0.0828. The molecule has 3 rings (SSSR count). The van der Waals surface area contributed by atoms with Gasteiger partial charge in [0.15, 0.2) is 0 Å². The highest BCUT2D eigenvalue weighted by molar-refractivity contribution is 5.76. The highest BCUT2D eigenvalue weighted by Crippen LogP contribution is 2.45. The molecule has 1 aromatic rings. The van der Waals surface area contributed by atoms with Crippen molar-refractivity contribution in [1.29, 1.82) is 0 Å². The Morgan fingerprint density at radius 2 is 2.05 bits per heavy atom. The van der Waals surface area contributed by atoms with E-state index in [0.717, 1.165) is 36.8 Å². The number of aliphatic carboxylic acids is 1. The Morgan fingerprint density at radius 1 is 1.33 bits per heavy atom. The summed E-state index contributed by atoms with van der Waals surface area (Å²) in [6, 6.07) is 7.80.